The largest absolute Gasteiger partial charge is 0.271 e. The first-order chi connectivity index (χ1) is 6.42. The molecule has 0 amide bonds. The summed E-state index contributed by atoms with van der Waals surface area (Å²) in [5.74, 6) is 6.00. The highest BCUT2D eigenvalue weighted by atomic mass is 32.2. The average molecular weight is 222 g/mol. The molecule has 0 aliphatic carbocycles. The van der Waals surface area contributed by atoms with Crippen LogP contribution in [0.25, 0.3) is 0 Å². The summed E-state index contributed by atoms with van der Waals surface area (Å²) in [5.41, 5.74) is 2.58. The van der Waals surface area contributed by atoms with Gasteiger partial charge in [-0.25, -0.2) is 8.42 Å². The minimum atomic E-state index is -2.94. The summed E-state index contributed by atoms with van der Waals surface area (Å²) < 4.78 is 22.1. The molecule has 4 nitrogen and oxygen atoms in total. The lowest BCUT2D eigenvalue weighted by atomic mass is 9.96. The van der Waals surface area contributed by atoms with E-state index in [-0.39, 0.29) is 11.8 Å². The third-order valence-electron chi connectivity index (χ3n) is 2.51. The number of rotatable bonds is 7. The van der Waals surface area contributed by atoms with Gasteiger partial charge in [0.25, 0.3) is 0 Å². The van der Waals surface area contributed by atoms with Crippen molar-refractivity contribution in [2.24, 2.45) is 11.8 Å². The summed E-state index contributed by atoms with van der Waals surface area (Å²) in [5, 5.41) is 0. The summed E-state index contributed by atoms with van der Waals surface area (Å²) >= 11 is 0. The quantitative estimate of drug-likeness (QED) is 0.491. The number of hydrazine groups is 1. The standard InChI is InChI=1S/C9H22N2O2S/c1-4-8(5-2)6-9(11-10)7-14(3,12)13/h8-9,11H,4-7,10H2,1-3H3. The molecular formula is C9H22N2O2S. The Morgan fingerprint density at radius 2 is 1.79 bits per heavy atom. The molecule has 0 saturated heterocycles. The van der Waals surface area contributed by atoms with E-state index in [1.807, 2.05) is 0 Å². The minimum Gasteiger partial charge on any atom is -0.271 e. The maximum Gasteiger partial charge on any atom is 0.149 e. The maximum atomic E-state index is 11.1. The van der Waals surface area contributed by atoms with E-state index in [1.165, 1.54) is 6.26 Å². The van der Waals surface area contributed by atoms with Crippen molar-refractivity contribution < 1.29 is 8.42 Å². The molecule has 0 saturated carbocycles. The fourth-order valence-corrected chi connectivity index (χ4v) is 2.54. The second kappa shape index (κ2) is 6.37. The highest BCUT2D eigenvalue weighted by Gasteiger charge is 2.17. The first-order valence-corrected chi connectivity index (χ1v) is 7.12. The zero-order chi connectivity index (χ0) is 11.2. The van der Waals surface area contributed by atoms with Crippen LogP contribution in [0.2, 0.25) is 0 Å². The number of hydrogen-bond donors (Lipinski definition) is 2. The van der Waals surface area contributed by atoms with Crippen molar-refractivity contribution in [3.8, 4) is 0 Å². The van der Waals surface area contributed by atoms with Crippen LogP contribution < -0.4 is 11.3 Å². The van der Waals surface area contributed by atoms with E-state index >= 15 is 0 Å². The molecule has 0 rings (SSSR count). The Morgan fingerprint density at radius 3 is 2.07 bits per heavy atom. The molecule has 3 N–H and O–H groups in total. The van der Waals surface area contributed by atoms with Crippen LogP contribution in [0.3, 0.4) is 0 Å². The van der Waals surface area contributed by atoms with Crippen molar-refractivity contribution in [1.82, 2.24) is 5.43 Å². The SMILES string of the molecule is CCC(CC)CC(CS(C)(=O)=O)NN. The molecule has 0 aromatic carbocycles. The monoisotopic (exact) mass is 222 g/mol. The molecule has 1 atom stereocenters. The molecule has 86 valence electrons. The number of hydrogen-bond acceptors (Lipinski definition) is 4. The smallest absolute Gasteiger partial charge is 0.149 e. The number of nitrogens with two attached hydrogens (primary N) is 1. The van der Waals surface area contributed by atoms with Gasteiger partial charge in [-0.05, 0) is 12.3 Å². The Kier molecular flexibility index (Phi) is 6.31. The second-order valence-electron chi connectivity index (χ2n) is 3.87. The second-order valence-corrected chi connectivity index (χ2v) is 6.06. The van der Waals surface area contributed by atoms with Crippen molar-refractivity contribution in [2.45, 2.75) is 39.2 Å². The van der Waals surface area contributed by atoms with Gasteiger partial charge in [0, 0.05) is 12.3 Å². The van der Waals surface area contributed by atoms with Crippen LogP contribution in [0.1, 0.15) is 33.1 Å². The Hall–Kier alpha value is -0.130. The Morgan fingerprint density at radius 1 is 1.29 bits per heavy atom. The normalized spacial score (nSPS) is 14.6. The van der Waals surface area contributed by atoms with E-state index in [2.05, 4.69) is 19.3 Å². The molecule has 0 heterocycles. The van der Waals surface area contributed by atoms with Gasteiger partial charge in [0.1, 0.15) is 9.84 Å². The lowest BCUT2D eigenvalue weighted by Gasteiger charge is -2.20. The number of sulfone groups is 1. The Bertz CT molecular complexity index is 235. The van der Waals surface area contributed by atoms with Crippen LogP contribution >= 0.6 is 0 Å². The highest BCUT2D eigenvalue weighted by Crippen LogP contribution is 2.15. The van der Waals surface area contributed by atoms with Crippen LogP contribution in [-0.4, -0.2) is 26.5 Å². The Balaban J connectivity index is 4.15. The van der Waals surface area contributed by atoms with E-state index in [1.54, 1.807) is 0 Å². The third-order valence-corrected chi connectivity index (χ3v) is 3.52. The molecule has 0 aromatic heterocycles. The highest BCUT2D eigenvalue weighted by molar-refractivity contribution is 7.90. The summed E-state index contributed by atoms with van der Waals surface area (Å²) in [7, 11) is -2.94. The van der Waals surface area contributed by atoms with Gasteiger partial charge in [-0.15, -0.1) is 0 Å². The van der Waals surface area contributed by atoms with Gasteiger partial charge >= 0.3 is 0 Å². The lowest BCUT2D eigenvalue weighted by Crippen LogP contribution is -2.41. The minimum absolute atomic E-state index is 0.116. The molecular weight excluding hydrogens is 200 g/mol. The summed E-state index contributed by atoms with van der Waals surface area (Å²) in [6.45, 7) is 4.23. The van der Waals surface area contributed by atoms with Gasteiger partial charge in [-0.1, -0.05) is 26.7 Å². The van der Waals surface area contributed by atoms with Crippen molar-refractivity contribution in [1.29, 1.82) is 0 Å². The predicted octanol–water partition coefficient (Wildman–Crippen LogP) is 0.689. The molecule has 0 bridgehead atoms. The molecule has 0 radical (unpaired) electrons. The van der Waals surface area contributed by atoms with Crippen molar-refractivity contribution >= 4 is 9.84 Å². The van der Waals surface area contributed by atoms with Gasteiger partial charge in [0.2, 0.25) is 0 Å². The van der Waals surface area contributed by atoms with Gasteiger partial charge in [-0.2, -0.15) is 0 Å². The van der Waals surface area contributed by atoms with Crippen LogP contribution in [0.4, 0.5) is 0 Å². The van der Waals surface area contributed by atoms with Crippen molar-refractivity contribution in [3.63, 3.8) is 0 Å². The molecule has 14 heavy (non-hydrogen) atoms. The molecule has 5 heteroatoms. The summed E-state index contributed by atoms with van der Waals surface area (Å²) in [6.07, 6.45) is 4.21. The van der Waals surface area contributed by atoms with E-state index in [0.717, 1.165) is 19.3 Å². The maximum absolute atomic E-state index is 11.1. The van der Waals surface area contributed by atoms with Crippen LogP contribution in [0, 0.1) is 5.92 Å². The average Bonchev–Trinajstić information content (AvgIpc) is 2.10. The van der Waals surface area contributed by atoms with Gasteiger partial charge in [-0.3, -0.25) is 11.3 Å². The third kappa shape index (κ3) is 6.34. The van der Waals surface area contributed by atoms with E-state index in [4.69, 9.17) is 5.84 Å². The lowest BCUT2D eigenvalue weighted by molar-refractivity contribution is 0.384. The molecule has 0 aromatic rings. The van der Waals surface area contributed by atoms with Crippen LogP contribution in [-0.2, 0) is 9.84 Å². The fraction of sp³-hybridized carbons (Fsp3) is 1.00. The van der Waals surface area contributed by atoms with Gasteiger partial charge in [0.05, 0.1) is 5.75 Å². The Labute approximate surface area is 87.1 Å². The van der Waals surface area contributed by atoms with Crippen molar-refractivity contribution in [2.75, 3.05) is 12.0 Å². The van der Waals surface area contributed by atoms with Crippen molar-refractivity contribution in [3.05, 3.63) is 0 Å². The molecule has 0 aliphatic heterocycles. The molecule has 0 spiro atoms. The fourth-order valence-electron chi connectivity index (χ4n) is 1.57. The van der Waals surface area contributed by atoms with Gasteiger partial charge in [0.15, 0.2) is 0 Å². The van der Waals surface area contributed by atoms with Gasteiger partial charge < -0.3 is 0 Å². The number of nitrogens with one attached hydrogen (secondary N) is 1. The van der Waals surface area contributed by atoms with E-state index < -0.39 is 9.84 Å². The summed E-state index contributed by atoms with van der Waals surface area (Å²) in [6, 6.07) is -0.116. The van der Waals surface area contributed by atoms with E-state index in [0.29, 0.717) is 5.92 Å². The first kappa shape index (κ1) is 13.9. The summed E-state index contributed by atoms with van der Waals surface area (Å²) in [4.78, 5) is 0. The zero-order valence-corrected chi connectivity index (χ0v) is 10.1. The zero-order valence-electron chi connectivity index (χ0n) is 9.29. The topological polar surface area (TPSA) is 72.2 Å². The van der Waals surface area contributed by atoms with Crippen LogP contribution in [0.5, 0.6) is 0 Å². The van der Waals surface area contributed by atoms with E-state index in [9.17, 15) is 8.42 Å². The predicted molar refractivity (Wildman–Crippen MR) is 59.5 cm³/mol. The molecule has 0 aliphatic rings. The van der Waals surface area contributed by atoms with Crippen LogP contribution in [0.15, 0.2) is 0 Å². The molecule has 1 unspecified atom stereocenters. The first-order valence-electron chi connectivity index (χ1n) is 5.06. The molecule has 0 fully saturated rings.